The molecule has 1 aromatic carbocycles. The van der Waals surface area contributed by atoms with Gasteiger partial charge in [0, 0.05) is 6.54 Å². The summed E-state index contributed by atoms with van der Waals surface area (Å²) in [6.45, 7) is 3.44. The predicted octanol–water partition coefficient (Wildman–Crippen LogP) is 4.72. The largest absolute Gasteiger partial charge is 0.309 e. The van der Waals surface area contributed by atoms with Crippen LogP contribution < -0.4 is 0 Å². The molecule has 1 nitrogen and oxygen atoms in total. The van der Waals surface area contributed by atoms with Crippen molar-refractivity contribution in [2.45, 2.75) is 39.0 Å². The Kier molecular flexibility index (Phi) is 6.81. The Balaban J connectivity index is 0.00000180. The first-order valence-electron chi connectivity index (χ1n) is 7.16. The first-order valence-corrected chi connectivity index (χ1v) is 7.16. The van der Waals surface area contributed by atoms with Crippen LogP contribution in [0.1, 0.15) is 43.7 Å². The van der Waals surface area contributed by atoms with E-state index in [-0.39, 0.29) is 17.0 Å². The van der Waals surface area contributed by atoms with Gasteiger partial charge in [0.15, 0.2) is 0 Å². The predicted molar refractivity (Wildman–Crippen MR) is 90.1 cm³/mol. The normalized spacial score (nSPS) is 13.7. The molecule has 0 aromatic heterocycles. The molecule has 0 atom stereocenters. The maximum absolute atomic E-state index is 2.31. The summed E-state index contributed by atoms with van der Waals surface area (Å²) >= 11 is 0. The summed E-state index contributed by atoms with van der Waals surface area (Å²) in [5.41, 5.74) is 6.39. The zero-order chi connectivity index (χ0) is 13.0. The van der Waals surface area contributed by atoms with Crippen LogP contribution in [0, 0.1) is 0 Å². The van der Waals surface area contributed by atoms with E-state index >= 15 is 0 Å². The molecular formula is C17H26BrN. The van der Waals surface area contributed by atoms with Crippen LogP contribution >= 0.6 is 17.0 Å². The first kappa shape index (κ1) is 16.5. The molecule has 106 valence electrons. The van der Waals surface area contributed by atoms with Crippen LogP contribution in [0.15, 0.2) is 29.8 Å². The average molecular weight is 324 g/mol. The number of nitrogens with zero attached hydrogens (tertiary/aromatic N) is 1. The third kappa shape index (κ3) is 4.19. The third-order valence-electron chi connectivity index (χ3n) is 3.81. The average Bonchev–Trinajstić information content (AvgIpc) is 2.71. The number of hydrogen-bond donors (Lipinski definition) is 0. The summed E-state index contributed by atoms with van der Waals surface area (Å²) in [5, 5.41) is 0. The molecule has 0 N–H and O–H groups in total. The molecule has 0 spiro atoms. The van der Waals surface area contributed by atoms with E-state index in [0.29, 0.717) is 0 Å². The highest BCUT2D eigenvalue weighted by Crippen LogP contribution is 2.37. The molecule has 0 aliphatic heterocycles. The molecule has 0 unspecified atom stereocenters. The summed E-state index contributed by atoms with van der Waals surface area (Å²) in [4.78, 5) is 2.29. The Morgan fingerprint density at radius 3 is 2.53 bits per heavy atom. The Morgan fingerprint density at radius 1 is 1.11 bits per heavy atom. The van der Waals surface area contributed by atoms with Gasteiger partial charge >= 0.3 is 0 Å². The van der Waals surface area contributed by atoms with Crippen molar-refractivity contribution >= 4 is 22.6 Å². The molecule has 0 bridgehead atoms. The lowest BCUT2D eigenvalue weighted by Crippen LogP contribution is -2.13. The molecular weight excluding hydrogens is 298 g/mol. The van der Waals surface area contributed by atoms with Crippen LogP contribution in [-0.2, 0) is 6.42 Å². The van der Waals surface area contributed by atoms with Gasteiger partial charge in [-0.25, -0.2) is 0 Å². The number of hydrogen-bond acceptors (Lipinski definition) is 1. The van der Waals surface area contributed by atoms with E-state index in [9.17, 15) is 0 Å². The van der Waals surface area contributed by atoms with Gasteiger partial charge in [-0.2, -0.15) is 0 Å². The van der Waals surface area contributed by atoms with E-state index in [1.54, 1.807) is 11.1 Å². The van der Waals surface area contributed by atoms with E-state index in [1.807, 2.05) is 0 Å². The van der Waals surface area contributed by atoms with E-state index in [0.717, 1.165) is 0 Å². The molecule has 19 heavy (non-hydrogen) atoms. The van der Waals surface area contributed by atoms with Gasteiger partial charge in [-0.05, 0) is 56.5 Å². The quantitative estimate of drug-likeness (QED) is 0.732. The Bertz CT molecular complexity index is 435. The van der Waals surface area contributed by atoms with Crippen molar-refractivity contribution in [2.75, 3.05) is 20.6 Å². The van der Waals surface area contributed by atoms with E-state index < -0.39 is 0 Å². The van der Waals surface area contributed by atoms with Crippen LogP contribution in [0.5, 0.6) is 0 Å². The smallest absolute Gasteiger partial charge is 0.00128 e. The standard InChI is InChI=1S/C17H25N.BrH/c1-4-5-9-16-15(11-12-18(2)3)13-14-8-6-7-10-17(14)16;/h6-8,10H,4-5,9,11-13H2,1-3H3;1H. The molecule has 0 heterocycles. The van der Waals surface area contributed by atoms with Gasteiger partial charge in [-0.15, -0.1) is 17.0 Å². The van der Waals surface area contributed by atoms with Crippen LogP contribution in [0.4, 0.5) is 0 Å². The minimum absolute atomic E-state index is 0. The molecule has 2 heteroatoms. The molecule has 1 aliphatic carbocycles. The maximum atomic E-state index is 2.31. The molecule has 0 saturated heterocycles. The number of unbranched alkanes of at least 4 members (excludes halogenated alkanes) is 1. The van der Waals surface area contributed by atoms with Crippen molar-refractivity contribution in [3.8, 4) is 0 Å². The van der Waals surface area contributed by atoms with E-state index in [4.69, 9.17) is 0 Å². The van der Waals surface area contributed by atoms with Crippen LogP contribution in [-0.4, -0.2) is 25.5 Å². The highest BCUT2D eigenvalue weighted by molar-refractivity contribution is 8.93. The van der Waals surface area contributed by atoms with Gasteiger partial charge in [0.25, 0.3) is 0 Å². The number of allylic oxidation sites excluding steroid dienone is 1. The fourth-order valence-electron chi connectivity index (χ4n) is 2.76. The second-order valence-corrected chi connectivity index (χ2v) is 5.57. The lowest BCUT2D eigenvalue weighted by Gasteiger charge is -2.12. The number of halogens is 1. The summed E-state index contributed by atoms with van der Waals surface area (Å²) in [6.07, 6.45) is 6.27. The monoisotopic (exact) mass is 323 g/mol. The summed E-state index contributed by atoms with van der Waals surface area (Å²) in [5.74, 6) is 0. The van der Waals surface area contributed by atoms with Crippen molar-refractivity contribution in [3.63, 3.8) is 0 Å². The minimum atomic E-state index is 0. The van der Waals surface area contributed by atoms with E-state index in [2.05, 4.69) is 50.2 Å². The molecule has 0 amide bonds. The van der Waals surface area contributed by atoms with Crippen molar-refractivity contribution < 1.29 is 0 Å². The van der Waals surface area contributed by atoms with Crippen molar-refractivity contribution in [2.24, 2.45) is 0 Å². The second-order valence-electron chi connectivity index (χ2n) is 5.57. The number of benzene rings is 1. The zero-order valence-corrected chi connectivity index (χ0v) is 14.1. The van der Waals surface area contributed by atoms with Crippen LogP contribution in [0.25, 0.3) is 5.57 Å². The number of rotatable bonds is 6. The lowest BCUT2D eigenvalue weighted by atomic mass is 9.99. The van der Waals surface area contributed by atoms with Gasteiger partial charge < -0.3 is 4.90 Å². The fraction of sp³-hybridized carbons (Fsp3) is 0.529. The van der Waals surface area contributed by atoms with Gasteiger partial charge in [-0.1, -0.05) is 43.2 Å². The summed E-state index contributed by atoms with van der Waals surface area (Å²) in [7, 11) is 4.32. The lowest BCUT2D eigenvalue weighted by molar-refractivity contribution is 0.412. The molecule has 0 radical (unpaired) electrons. The molecule has 1 aliphatic rings. The highest BCUT2D eigenvalue weighted by Gasteiger charge is 2.20. The first-order chi connectivity index (χ1) is 8.72. The van der Waals surface area contributed by atoms with Gasteiger partial charge in [0.2, 0.25) is 0 Å². The Morgan fingerprint density at radius 2 is 1.84 bits per heavy atom. The third-order valence-corrected chi connectivity index (χ3v) is 3.81. The number of fused-ring (bicyclic) bond motifs is 1. The Labute approximate surface area is 128 Å². The van der Waals surface area contributed by atoms with E-state index in [1.165, 1.54) is 49.8 Å². The zero-order valence-electron chi connectivity index (χ0n) is 12.4. The fourth-order valence-corrected chi connectivity index (χ4v) is 2.76. The van der Waals surface area contributed by atoms with Crippen LogP contribution in [0.2, 0.25) is 0 Å². The topological polar surface area (TPSA) is 3.24 Å². The minimum Gasteiger partial charge on any atom is -0.309 e. The van der Waals surface area contributed by atoms with Gasteiger partial charge in [0.1, 0.15) is 0 Å². The molecule has 0 saturated carbocycles. The van der Waals surface area contributed by atoms with Crippen molar-refractivity contribution in [1.29, 1.82) is 0 Å². The SMILES string of the molecule is Br.CCCCC1=C(CCN(C)C)Cc2ccccc21. The molecule has 1 aromatic rings. The molecule has 0 fully saturated rings. The molecule has 2 rings (SSSR count). The Hall–Kier alpha value is -0.600. The highest BCUT2D eigenvalue weighted by atomic mass is 79.9. The summed E-state index contributed by atoms with van der Waals surface area (Å²) < 4.78 is 0. The summed E-state index contributed by atoms with van der Waals surface area (Å²) in [6, 6.07) is 8.96. The van der Waals surface area contributed by atoms with Crippen LogP contribution in [0.3, 0.4) is 0 Å². The van der Waals surface area contributed by atoms with Crippen molar-refractivity contribution in [3.05, 3.63) is 41.0 Å². The second kappa shape index (κ2) is 7.86. The van der Waals surface area contributed by atoms with Gasteiger partial charge in [0.05, 0.1) is 0 Å². The van der Waals surface area contributed by atoms with Crippen molar-refractivity contribution in [1.82, 2.24) is 4.90 Å². The van der Waals surface area contributed by atoms with Gasteiger partial charge in [-0.3, -0.25) is 0 Å². The maximum Gasteiger partial charge on any atom is 0.00128 e.